The van der Waals surface area contributed by atoms with Gasteiger partial charge in [0, 0.05) is 28.9 Å². The normalized spacial score (nSPS) is 10.3. The van der Waals surface area contributed by atoms with Gasteiger partial charge in [-0.3, -0.25) is 10.1 Å². The van der Waals surface area contributed by atoms with Gasteiger partial charge in [-0.1, -0.05) is 13.0 Å². The highest BCUT2D eigenvalue weighted by atomic mass is 32.1. The number of nitro benzene ring substituents is 1. The fourth-order valence-electron chi connectivity index (χ4n) is 1.51. The van der Waals surface area contributed by atoms with Gasteiger partial charge in [-0.2, -0.15) is 0 Å². The molecule has 94 valence electrons. The zero-order valence-corrected chi connectivity index (χ0v) is 10.7. The molecule has 1 N–H and O–H groups in total. The number of thiazole rings is 1. The van der Waals surface area contributed by atoms with Crippen molar-refractivity contribution in [2.75, 3.05) is 5.32 Å². The van der Waals surface area contributed by atoms with Crippen LogP contribution in [0.25, 0.3) is 0 Å². The van der Waals surface area contributed by atoms with E-state index in [2.05, 4.69) is 17.2 Å². The molecular weight excluding hydrogens is 250 g/mol. The molecule has 0 aliphatic heterocycles. The van der Waals surface area contributed by atoms with Crippen LogP contribution < -0.4 is 5.32 Å². The summed E-state index contributed by atoms with van der Waals surface area (Å²) in [5.41, 5.74) is 0.842. The first-order chi connectivity index (χ1) is 8.69. The van der Waals surface area contributed by atoms with Gasteiger partial charge in [0.2, 0.25) is 0 Å². The second kappa shape index (κ2) is 5.59. The number of non-ortho nitro benzene ring substituents is 1. The standard InChI is InChI=1S/C12H13N3O2S/c1-2-12-14-8-11(18-12)7-13-9-4-3-5-10(6-9)15(16)17/h3-6,8,13H,2,7H2,1H3. The molecule has 5 nitrogen and oxygen atoms in total. The van der Waals surface area contributed by atoms with E-state index in [-0.39, 0.29) is 5.69 Å². The van der Waals surface area contributed by atoms with Crippen LogP contribution in [0.1, 0.15) is 16.8 Å². The van der Waals surface area contributed by atoms with Crippen LogP contribution in [0.4, 0.5) is 11.4 Å². The second-order valence-electron chi connectivity index (χ2n) is 3.73. The molecule has 18 heavy (non-hydrogen) atoms. The molecule has 2 rings (SSSR count). The summed E-state index contributed by atoms with van der Waals surface area (Å²) in [6.07, 6.45) is 2.77. The third-order valence-electron chi connectivity index (χ3n) is 2.43. The number of rotatable bonds is 5. The molecule has 0 saturated heterocycles. The first kappa shape index (κ1) is 12.5. The second-order valence-corrected chi connectivity index (χ2v) is 4.93. The van der Waals surface area contributed by atoms with Gasteiger partial charge >= 0.3 is 0 Å². The van der Waals surface area contributed by atoms with E-state index >= 15 is 0 Å². The third-order valence-corrected chi connectivity index (χ3v) is 3.57. The predicted octanol–water partition coefficient (Wildman–Crippen LogP) is 3.23. The molecular formula is C12H13N3O2S. The fraction of sp³-hybridized carbons (Fsp3) is 0.250. The van der Waals surface area contributed by atoms with Gasteiger partial charge in [0.05, 0.1) is 16.5 Å². The topological polar surface area (TPSA) is 68.1 Å². The van der Waals surface area contributed by atoms with E-state index in [1.54, 1.807) is 17.4 Å². The number of hydrogen-bond acceptors (Lipinski definition) is 5. The van der Waals surface area contributed by atoms with Gasteiger partial charge in [-0.15, -0.1) is 11.3 Å². The molecule has 0 amide bonds. The lowest BCUT2D eigenvalue weighted by Gasteiger charge is -2.03. The maximum absolute atomic E-state index is 10.6. The number of benzene rings is 1. The minimum Gasteiger partial charge on any atom is -0.380 e. The molecule has 0 saturated carbocycles. The lowest BCUT2D eigenvalue weighted by atomic mass is 10.3. The highest BCUT2D eigenvalue weighted by Crippen LogP contribution is 2.19. The zero-order chi connectivity index (χ0) is 13.0. The molecule has 1 heterocycles. The molecule has 0 spiro atoms. The van der Waals surface area contributed by atoms with Gasteiger partial charge in [0.15, 0.2) is 0 Å². The lowest BCUT2D eigenvalue weighted by Crippen LogP contribution is -1.98. The van der Waals surface area contributed by atoms with Crippen LogP contribution in [-0.4, -0.2) is 9.91 Å². The Labute approximate surface area is 109 Å². The van der Waals surface area contributed by atoms with Crippen molar-refractivity contribution in [3.63, 3.8) is 0 Å². The van der Waals surface area contributed by atoms with Crippen LogP contribution in [0.2, 0.25) is 0 Å². The maximum Gasteiger partial charge on any atom is 0.271 e. The van der Waals surface area contributed by atoms with E-state index in [0.717, 1.165) is 22.0 Å². The van der Waals surface area contributed by atoms with Gasteiger partial charge in [0.25, 0.3) is 5.69 Å². The van der Waals surface area contributed by atoms with Crippen LogP contribution in [0.5, 0.6) is 0 Å². The summed E-state index contributed by atoms with van der Waals surface area (Å²) in [6, 6.07) is 6.49. The molecule has 0 fully saturated rings. The Balaban J connectivity index is 2.01. The van der Waals surface area contributed by atoms with E-state index in [1.165, 1.54) is 12.1 Å². The van der Waals surface area contributed by atoms with Crippen LogP contribution in [-0.2, 0) is 13.0 Å². The number of aromatic nitrogens is 1. The van der Waals surface area contributed by atoms with Crippen molar-refractivity contribution < 1.29 is 4.92 Å². The zero-order valence-electron chi connectivity index (χ0n) is 9.92. The van der Waals surface area contributed by atoms with Crippen molar-refractivity contribution in [3.05, 3.63) is 50.5 Å². The van der Waals surface area contributed by atoms with Crippen molar-refractivity contribution in [3.8, 4) is 0 Å². The molecule has 1 aromatic heterocycles. The lowest BCUT2D eigenvalue weighted by molar-refractivity contribution is -0.384. The van der Waals surface area contributed by atoms with Crippen molar-refractivity contribution in [2.45, 2.75) is 19.9 Å². The van der Waals surface area contributed by atoms with Crippen molar-refractivity contribution >= 4 is 22.7 Å². The minimum absolute atomic E-state index is 0.0959. The first-order valence-corrected chi connectivity index (χ1v) is 6.42. The van der Waals surface area contributed by atoms with Crippen LogP contribution in [0.15, 0.2) is 30.5 Å². The number of nitro groups is 1. The largest absolute Gasteiger partial charge is 0.380 e. The summed E-state index contributed by atoms with van der Waals surface area (Å²) in [5, 5.41) is 14.9. The molecule has 6 heteroatoms. The molecule has 0 aliphatic carbocycles. The van der Waals surface area contributed by atoms with Crippen LogP contribution in [0, 0.1) is 10.1 Å². The number of aryl methyl sites for hydroxylation is 1. The summed E-state index contributed by atoms with van der Waals surface area (Å²) < 4.78 is 0. The van der Waals surface area contributed by atoms with Crippen molar-refractivity contribution in [1.29, 1.82) is 0 Å². The Kier molecular flexibility index (Phi) is 3.88. The maximum atomic E-state index is 10.6. The Morgan fingerprint density at radius 3 is 3.00 bits per heavy atom. The Hall–Kier alpha value is -1.95. The fourth-order valence-corrected chi connectivity index (χ4v) is 2.31. The number of anilines is 1. The Bertz CT molecular complexity index is 554. The number of nitrogens with zero attached hydrogens (tertiary/aromatic N) is 2. The van der Waals surface area contributed by atoms with Crippen LogP contribution >= 0.6 is 11.3 Å². The Morgan fingerprint density at radius 2 is 2.33 bits per heavy atom. The molecule has 1 aromatic carbocycles. The summed E-state index contributed by atoms with van der Waals surface area (Å²) in [7, 11) is 0. The van der Waals surface area contributed by atoms with Crippen molar-refractivity contribution in [2.24, 2.45) is 0 Å². The van der Waals surface area contributed by atoms with Gasteiger partial charge in [0.1, 0.15) is 0 Å². The predicted molar refractivity (Wildman–Crippen MR) is 71.9 cm³/mol. The van der Waals surface area contributed by atoms with Gasteiger partial charge in [-0.25, -0.2) is 4.98 Å². The molecule has 0 radical (unpaired) electrons. The molecule has 0 atom stereocenters. The summed E-state index contributed by atoms with van der Waals surface area (Å²) in [4.78, 5) is 15.6. The summed E-state index contributed by atoms with van der Waals surface area (Å²) in [5.74, 6) is 0. The van der Waals surface area contributed by atoms with Crippen LogP contribution in [0.3, 0.4) is 0 Å². The smallest absolute Gasteiger partial charge is 0.271 e. The molecule has 2 aromatic rings. The SMILES string of the molecule is CCc1ncc(CNc2cccc([N+](=O)[O-])c2)s1. The highest BCUT2D eigenvalue weighted by Gasteiger charge is 2.06. The van der Waals surface area contributed by atoms with Gasteiger partial charge < -0.3 is 5.32 Å². The highest BCUT2D eigenvalue weighted by molar-refractivity contribution is 7.11. The van der Waals surface area contributed by atoms with E-state index in [9.17, 15) is 10.1 Å². The minimum atomic E-state index is -0.396. The average Bonchev–Trinajstić information content (AvgIpc) is 2.84. The monoisotopic (exact) mass is 263 g/mol. The third kappa shape index (κ3) is 3.04. The van der Waals surface area contributed by atoms with E-state index < -0.39 is 4.92 Å². The van der Waals surface area contributed by atoms with E-state index in [0.29, 0.717) is 6.54 Å². The van der Waals surface area contributed by atoms with E-state index in [1.807, 2.05) is 12.3 Å². The quantitative estimate of drug-likeness (QED) is 0.664. The Morgan fingerprint density at radius 1 is 1.50 bits per heavy atom. The summed E-state index contributed by atoms with van der Waals surface area (Å²) in [6.45, 7) is 2.70. The number of nitrogens with one attached hydrogen (secondary N) is 1. The van der Waals surface area contributed by atoms with Crippen molar-refractivity contribution in [1.82, 2.24) is 4.98 Å². The average molecular weight is 263 g/mol. The number of hydrogen-bond donors (Lipinski definition) is 1. The first-order valence-electron chi connectivity index (χ1n) is 5.61. The molecule has 0 aliphatic rings. The summed E-state index contributed by atoms with van der Waals surface area (Å²) >= 11 is 1.66. The molecule has 0 unspecified atom stereocenters. The van der Waals surface area contributed by atoms with Gasteiger partial charge in [-0.05, 0) is 12.5 Å². The molecule has 0 bridgehead atoms. The van der Waals surface area contributed by atoms with E-state index in [4.69, 9.17) is 0 Å².